The Morgan fingerprint density at radius 3 is 1.71 bits per heavy atom. The van der Waals surface area contributed by atoms with Gasteiger partial charge in [0.15, 0.2) is 8.32 Å². The second kappa shape index (κ2) is 12.2. The highest BCUT2D eigenvalue weighted by atomic mass is 28.4. The van der Waals surface area contributed by atoms with Crippen LogP contribution in [-0.2, 0) is 8.85 Å². The van der Waals surface area contributed by atoms with Gasteiger partial charge in [-0.15, -0.1) is 0 Å². The maximum absolute atomic E-state index is 10.7. The van der Waals surface area contributed by atoms with E-state index in [2.05, 4.69) is 128 Å². The SMILES string of the molecule is C[C@@H](CO[Si](C)(C)C(C)(C)C)[C@H](O)/C=C/CCO[Si](c1ccccc1)(c1ccccc1)C(C)(C)C. The van der Waals surface area contributed by atoms with E-state index in [-0.39, 0.29) is 16.0 Å². The Morgan fingerprint density at radius 1 is 0.800 bits per heavy atom. The largest absolute Gasteiger partial charge is 0.416 e. The zero-order valence-electron chi connectivity index (χ0n) is 23.5. The third kappa shape index (κ3) is 7.49. The summed E-state index contributed by atoms with van der Waals surface area (Å²) in [5.74, 6) is 0.0537. The van der Waals surface area contributed by atoms with Gasteiger partial charge in [-0.3, -0.25) is 0 Å². The van der Waals surface area contributed by atoms with Gasteiger partial charge in [-0.2, -0.15) is 0 Å². The molecule has 0 aliphatic carbocycles. The molecular weight excluding hydrogens is 464 g/mol. The van der Waals surface area contributed by atoms with E-state index in [1.54, 1.807) is 0 Å². The third-order valence-corrected chi connectivity index (χ3v) is 17.0. The lowest BCUT2D eigenvalue weighted by molar-refractivity contribution is 0.114. The van der Waals surface area contributed by atoms with Crippen LogP contribution in [0.15, 0.2) is 72.8 Å². The van der Waals surface area contributed by atoms with Crippen molar-refractivity contribution >= 4 is 27.0 Å². The molecule has 0 fully saturated rings. The van der Waals surface area contributed by atoms with Crippen molar-refractivity contribution in [1.29, 1.82) is 0 Å². The number of aliphatic hydroxyl groups excluding tert-OH is 1. The van der Waals surface area contributed by atoms with Gasteiger partial charge in [0, 0.05) is 19.1 Å². The van der Waals surface area contributed by atoms with Crippen molar-refractivity contribution in [2.45, 2.75) is 84.2 Å². The average Bonchev–Trinajstić information content (AvgIpc) is 2.79. The van der Waals surface area contributed by atoms with Crippen molar-refractivity contribution in [2.24, 2.45) is 5.92 Å². The molecule has 0 aliphatic rings. The van der Waals surface area contributed by atoms with Crippen molar-refractivity contribution in [3.05, 3.63) is 72.8 Å². The van der Waals surface area contributed by atoms with Crippen molar-refractivity contribution in [3.63, 3.8) is 0 Å². The zero-order chi connectivity index (χ0) is 26.3. The van der Waals surface area contributed by atoms with E-state index in [1.165, 1.54) is 10.4 Å². The fourth-order valence-corrected chi connectivity index (χ4v) is 9.81. The highest BCUT2D eigenvalue weighted by Crippen LogP contribution is 2.37. The van der Waals surface area contributed by atoms with Gasteiger partial charge in [0.1, 0.15) is 0 Å². The fourth-order valence-electron chi connectivity index (χ4n) is 4.12. The fraction of sp³-hybridized carbons (Fsp3) is 0.533. The maximum atomic E-state index is 10.7. The van der Waals surface area contributed by atoms with Gasteiger partial charge < -0.3 is 14.0 Å². The topological polar surface area (TPSA) is 38.7 Å². The van der Waals surface area contributed by atoms with Gasteiger partial charge in [-0.05, 0) is 40.0 Å². The summed E-state index contributed by atoms with van der Waals surface area (Å²) in [6.07, 6.45) is 4.21. The predicted molar refractivity (Wildman–Crippen MR) is 156 cm³/mol. The maximum Gasteiger partial charge on any atom is 0.261 e. The molecule has 0 spiro atoms. The van der Waals surface area contributed by atoms with Gasteiger partial charge >= 0.3 is 0 Å². The summed E-state index contributed by atoms with van der Waals surface area (Å²) in [6, 6.07) is 21.4. The van der Waals surface area contributed by atoms with Crippen LogP contribution >= 0.6 is 0 Å². The molecule has 0 unspecified atom stereocenters. The van der Waals surface area contributed by atoms with E-state index in [0.29, 0.717) is 13.2 Å². The Bertz CT molecular complexity index is 873. The Labute approximate surface area is 216 Å². The van der Waals surface area contributed by atoms with Gasteiger partial charge in [-0.1, -0.05) is 121 Å². The van der Waals surface area contributed by atoms with Crippen LogP contribution in [0.5, 0.6) is 0 Å². The van der Waals surface area contributed by atoms with Gasteiger partial charge in [0.25, 0.3) is 8.32 Å². The van der Waals surface area contributed by atoms with E-state index in [4.69, 9.17) is 8.85 Å². The standard InChI is InChI=1S/C30H48O3Si2/c1-25(24-33-34(8,9)29(2,3)4)28(31)22-16-17-23-32-35(30(5,6)7,26-18-12-10-13-19-26)27-20-14-11-15-21-27/h10-16,18-22,25,28,31H,17,23-24H2,1-9H3/b22-16+/t25-,28+/m0/s1. The predicted octanol–water partition coefficient (Wildman–Crippen LogP) is 6.53. The number of aliphatic hydroxyl groups is 1. The summed E-state index contributed by atoms with van der Waals surface area (Å²) in [7, 11) is -4.32. The molecule has 1 N–H and O–H groups in total. The summed E-state index contributed by atoms with van der Waals surface area (Å²) in [5.41, 5.74) is 0. The zero-order valence-corrected chi connectivity index (χ0v) is 25.5. The molecule has 2 aromatic carbocycles. The van der Waals surface area contributed by atoms with E-state index >= 15 is 0 Å². The van der Waals surface area contributed by atoms with E-state index in [1.807, 2.05) is 6.08 Å². The van der Waals surface area contributed by atoms with Crippen LogP contribution in [0.25, 0.3) is 0 Å². The highest BCUT2D eigenvalue weighted by molar-refractivity contribution is 6.99. The molecule has 0 heterocycles. The molecule has 0 radical (unpaired) electrons. The Kier molecular flexibility index (Phi) is 10.3. The number of rotatable bonds is 11. The number of benzene rings is 2. The first kappa shape index (κ1) is 29.7. The summed E-state index contributed by atoms with van der Waals surface area (Å²) in [4.78, 5) is 0. The Hall–Kier alpha value is -1.51. The van der Waals surface area contributed by atoms with Gasteiger partial charge in [-0.25, -0.2) is 0 Å². The third-order valence-electron chi connectivity index (χ3n) is 7.45. The van der Waals surface area contributed by atoms with Crippen molar-refractivity contribution < 1.29 is 14.0 Å². The van der Waals surface area contributed by atoms with E-state index < -0.39 is 22.7 Å². The van der Waals surface area contributed by atoms with Gasteiger partial charge in [0.05, 0.1) is 6.10 Å². The minimum atomic E-state index is -2.51. The van der Waals surface area contributed by atoms with E-state index in [9.17, 15) is 5.11 Å². The molecule has 2 rings (SSSR count). The number of hydrogen-bond donors (Lipinski definition) is 1. The molecule has 0 aromatic heterocycles. The van der Waals surface area contributed by atoms with Crippen LogP contribution in [0.3, 0.4) is 0 Å². The highest BCUT2D eigenvalue weighted by Gasteiger charge is 2.49. The smallest absolute Gasteiger partial charge is 0.261 e. The molecule has 0 saturated heterocycles. The molecule has 5 heteroatoms. The molecule has 35 heavy (non-hydrogen) atoms. The lowest BCUT2D eigenvalue weighted by Crippen LogP contribution is -2.66. The van der Waals surface area contributed by atoms with Crippen molar-refractivity contribution in [1.82, 2.24) is 0 Å². The average molecular weight is 513 g/mol. The minimum Gasteiger partial charge on any atom is -0.416 e. The van der Waals surface area contributed by atoms with Gasteiger partial charge in [0.2, 0.25) is 0 Å². The first-order chi connectivity index (χ1) is 16.2. The second-order valence-corrected chi connectivity index (χ2v) is 21.4. The van der Waals surface area contributed by atoms with Crippen molar-refractivity contribution in [2.75, 3.05) is 13.2 Å². The van der Waals surface area contributed by atoms with E-state index in [0.717, 1.165) is 6.42 Å². The van der Waals surface area contributed by atoms with Crippen LogP contribution < -0.4 is 10.4 Å². The molecule has 0 bridgehead atoms. The molecule has 0 amide bonds. The molecule has 0 saturated carbocycles. The number of hydrogen-bond acceptors (Lipinski definition) is 3. The van der Waals surface area contributed by atoms with Crippen LogP contribution in [0.1, 0.15) is 54.9 Å². The minimum absolute atomic E-state index is 0.0332. The summed E-state index contributed by atoms with van der Waals surface area (Å²) >= 11 is 0. The Balaban J connectivity index is 2.08. The van der Waals surface area contributed by atoms with Crippen LogP contribution in [-0.4, -0.2) is 41.1 Å². The lowest BCUT2D eigenvalue weighted by atomic mass is 10.1. The van der Waals surface area contributed by atoms with Crippen LogP contribution in [0, 0.1) is 5.92 Å². The normalized spacial score (nSPS) is 15.4. The Morgan fingerprint density at radius 2 is 1.29 bits per heavy atom. The monoisotopic (exact) mass is 512 g/mol. The second-order valence-electron chi connectivity index (χ2n) is 12.3. The first-order valence-corrected chi connectivity index (χ1v) is 17.8. The van der Waals surface area contributed by atoms with Crippen molar-refractivity contribution in [3.8, 4) is 0 Å². The molecule has 0 aliphatic heterocycles. The molecule has 2 aromatic rings. The molecule has 3 nitrogen and oxygen atoms in total. The summed E-state index contributed by atoms with van der Waals surface area (Å²) < 4.78 is 13.2. The van der Waals surface area contributed by atoms with Crippen LogP contribution in [0.2, 0.25) is 23.2 Å². The summed E-state index contributed by atoms with van der Waals surface area (Å²) in [5, 5.41) is 13.4. The summed E-state index contributed by atoms with van der Waals surface area (Å²) in [6.45, 7) is 21.4. The quantitative estimate of drug-likeness (QED) is 0.211. The lowest BCUT2D eigenvalue weighted by Gasteiger charge is -2.43. The molecule has 2 atom stereocenters. The molecular formula is C30H48O3Si2. The first-order valence-electron chi connectivity index (χ1n) is 13.0. The van der Waals surface area contributed by atoms with Crippen LogP contribution in [0.4, 0.5) is 0 Å². The molecule has 194 valence electrons.